The number of likely N-dealkylation sites (N-methyl/N-ethyl adjacent to an activating group) is 1. The van der Waals surface area contributed by atoms with Crippen molar-refractivity contribution in [3.63, 3.8) is 0 Å². The summed E-state index contributed by atoms with van der Waals surface area (Å²) < 4.78 is 0. The van der Waals surface area contributed by atoms with Gasteiger partial charge in [0, 0.05) is 22.8 Å². The monoisotopic (exact) mass is 226 g/mol. The van der Waals surface area contributed by atoms with E-state index in [1.807, 2.05) is 25.2 Å². The molecule has 0 saturated heterocycles. The first-order chi connectivity index (χ1) is 6.94. The first-order valence-corrected chi connectivity index (χ1v) is 5.51. The maximum Gasteiger partial charge on any atom is 0.0426 e. The summed E-state index contributed by atoms with van der Waals surface area (Å²) in [6.45, 7) is 7.25. The summed E-state index contributed by atoms with van der Waals surface area (Å²) in [5, 5.41) is 7.42. The summed E-state index contributed by atoms with van der Waals surface area (Å²) in [6, 6.07) is 5.89. The third-order valence-corrected chi connectivity index (χ3v) is 2.83. The molecule has 2 nitrogen and oxygen atoms in total. The zero-order chi connectivity index (χ0) is 11.5. The molecule has 3 heteroatoms. The van der Waals surface area contributed by atoms with E-state index in [2.05, 4.69) is 31.4 Å². The molecule has 0 amide bonds. The lowest BCUT2D eigenvalue weighted by molar-refractivity contribution is 0.448. The number of benzene rings is 1. The lowest BCUT2D eigenvalue weighted by atomic mass is 10.1. The van der Waals surface area contributed by atoms with Crippen LogP contribution in [0.1, 0.15) is 19.4 Å². The van der Waals surface area contributed by atoms with Gasteiger partial charge >= 0.3 is 0 Å². The molecule has 84 valence electrons. The fourth-order valence-corrected chi connectivity index (χ4v) is 1.36. The molecule has 1 aromatic rings. The molecule has 0 saturated carbocycles. The number of nitrogens with one attached hydrogen (secondary N) is 2. The molecule has 0 radical (unpaired) electrons. The largest absolute Gasteiger partial charge is 0.383 e. The first kappa shape index (κ1) is 12.3. The summed E-state index contributed by atoms with van der Waals surface area (Å²) >= 11 is 5.95. The summed E-state index contributed by atoms with van der Waals surface area (Å²) in [5.41, 5.74) is 2.39. The van der Waals surface area contributed by atoms with Gasteiger partial charge in [-0.3, -0.25) is 0 Å². The molecular formula is C12H19ClN2. The maximum absolute atomic E-state index is 5.95. The minimum atomic E-state index is 0.0781. The van der Waals surface area contributed by atoms with Gasteiger partial charge in [-0.2, -0.15) is 0 Å². The van der Waals surface area contributed by atoms with E-state index in [-0.39, 0.29) is 5.54 Å². The molecule has 0 bridgehead atoms. The molecule has 0 atom stereocenters. The molecule has 15 heavy (non-hydrogen) atoms. The highest BCUT2D eigenvalue weighted by atomic mass is 35.5. The molecule has 2 N–H and O–H groups in total. The van der Waals surface area contributed by atoms with Crippen LogP contribution in [0.3, 0.4) is 0 Å². The Kier molecular flexibility index (Phi) is 4.00. The normalized spacial score (nSPS) is 11.5. The SMILES string of the molecule is CNC(C)(C)CNc1cc(Cl)ccc1C. The van der Waals surface area contributed by atoms with Gasteiger partial charge in [0.1, 0.15) is 0 Å². The average molecular weight is 227 g/mol. The van der Waals surface area contributed by atoms with Crippen LogP contribution < -0.4 is 10.6 Å². The van der Waals surface area contributed by atoms with Crippen LogP contribution in [-0.4, -0.2) is 19.1 Å². The van der Waals surface area contributed by atoms with Crippen LogP contribution >= 0.6 is 11.6 Å². The van der Waals surface area contributed by atoms with Gasteiger partial charge in [0.15, 0.2) is 0 Å². The minimum absolute atomic E-state index is 0.0781. The van der Waals surface area contributed by atoms with E-state index in [4.69, 9.17) is 11.6 Å². The molecule has 0 unspecified atom stereocenters. The summed E-state index contributed by atoms with van der Waals surface area (Å²) in [4.78, 5) is 0. The Morgan fingerprint density at radius 3 is 2.60 bits per heavy atom. The molecule has 0 aromatic heterocycles. The Morgan fingerprint density at radius 1 is 1.33 bits per heavy atom. The van der Waals surface area contributed by atoms with Gasteiger partial charge in [-0.1, -0.05) is 17.7 Å². The number of rotatable bonds is 4. The van der Waals surface area contributed by atoms with Gasteiger partial charge in [0.05, 0.1) is 0 Å². The molecule has 0 spiro atoms. The highest BCUT2D eigenvalue weighted by molar-refractivity contribution is 6.30. The first-order valence-electron chi connectivity index (χ1n) is 5.13. The number of anilines is 1. The number of halogens is 1. The fourth-order valence-electron chi connectivity index (χ4n) is 1.19. The fraction of sp³-hybridized carbons (Fsp3) is 0.500. The smallest absolute Gasteiger partial charge is 0.0426 e. The minimum Gasteiger partial charge on any atom is -0.383 e. The highest BCUT2D eigenvalue weighted by Gasteiger charge is 2.14. The van der Waals surface area contributed by atoms with Crippen LogP contribution in [0.4, 0.5) is 5.69 Å². The Bertz CT molecular complexity index is 334. The van der Waals surface area contributed by atoms with Gasteiger partial charge in [-0.15, -0.1) is 0 Å². The predicted molar refractivity (Wildman–Crippen MR) is 67.8 cm³/mol. The van der Waals surface area contributed by atoms with Crippen molar-refractivity contribution < 1.29 is 0 Å². The van der Waals surface area contributed by atoms with E-state index in [1.54, 1.807) is 0 Å². The van der Waals surface area contributed by atoms with E-state index in [0.29, 0.717) is 0 Å². The van der Waals surface area contributed by atoms with Crippen LogP contribution in [0, 0.1) is 6.92 Å². The quantitative estimate of drug-likeness (QED) is 0.825. The maximum atomic E-state index is 5.95. The zero-order valence-electron chi connectivity index (χ0n) is 9.82. The van der Waals surface area contributed by atoms with Crippen LogP contribution in [0.5, 0.6) is 0 Å². The molecule has 0 heterocycles. The lowest BCUT2D eigenvalue weighted by Crippen LogP contribution is -2.42. The molecule has 1 rings (SSSR count). The van der Waals surface area contributed by atoms with E-state index < -0.39 is 0 Å². The average Bonchev–Trinajstić information content (AvgIpc) is 2.20. The van der Waals surface area contributed by atoms with Crippen molar-refractivity contribution >= 4 is 17.3 Å². The third-order valence-electron chi connectivity index (χ3n) is 2.60. The molecule has 1 aromatic carbocycles. The van der Waals surface area contributed by atoms with Gasteiger partial charge in [0.25, 0.3) is 0 Å². The lowest BCUT2D eigenvalue weighted by Gasteiger charge is -2.25. The van der Waals surface area contributed by atoms with Crippen molar-refractivity contribution in [1.29, 1.82) is 0 Å². The molecule has 0 aliphatic heterocycles. The van der Waals surface area contributed by atoms with Crippen LogP contribution in [-0.2, 0) is 0 Å². The Morgan fingerprint density at radius 2 is 2.00 bits per heavy atom. The second-order valence-electron chi connectivity index (χ2n) is 4.45. The molecule has 0 aliphatic carbocycles. The van der Waals surface area contributed by atoms with Gasteiger partial charge in [-0.25, -0.2) is 0 Å². The zero-order valence-corrected chi connectivity index (χ0v) is 10.6. The number of aryl methyl sites for hydroxylation is 1. The number of hydrogen-bond acceptors (Lipinski definition) is 2. The highest BCUT2D eigenvalue weighted by Crippen LogP contribution is 2.20. The van der Waals surface area contributed by atoms with Crippen molar-refractivity contribution in [1.82, 2.24) is 5.32 Å². The Hall–Kier alpha value is -0.730. The topological polar surface area (TPSA) is 24.1 Å². The van der Waals surface area contributed by atoms with E-state index >= 15 is 0 Å². The second kappa shape index (κ2) is 4.86. The Balaban J connectivity index is 2.69. The number of hydrogen-bond donors (Lipinski definition) is 2. The van der Waals surface area contributed by atoms with Crippen molar-refractivity contribution in [3.8, 4) is 0 Å². The van der Waals surface area contributed by atoms with Crippen molar-refractivity contribution in [2.45, 2.75) is 26.3 Å². The van der Waals surface area contributed by atoms with Crippen molar-refractivity contribution in [3.05, 3.63) is 28.8 Å². The predicted octanol–water partition coefficient (Wildman–Crippen LogP) is 3.06. The standard InChI is InChI=1S/C12H19ClN2/c1-9-5-6-10(13)7-11(9)15-8-12(2,3)14-4/h5-7,14-15H,8H2,1-4H3. The van der Waals surface area contributed by atoms with Crippen molar-refractivity contribution in [2.24, 2.45) is 0 Å². The summed E-state index contributed by atoms with van der Waals surface area (Å²) in [6.07, 6.45) is 0. The molecular weight excluding hydrogens is 208 g/mol. The van der Waals surface area contributed by atoms with Gasteiger partial charge in [-0.05, 0) is 45.5 Å². The van der Waals surface area contributed by atoms with E-state index in [0.717, 1.165) is 17.3 Å². The second-order valence-corrected chi connectivity index (χ2v) is 4.88. The molecule has 0 aliphatic rings. The van der Waals surface area contributed by atoms with Crippen LogP contribution in [0.2, 0.25) is 5.02 Å². The summed E-state index contributed by atoms with van der Waals surface area (Å²) in [7, 11) is 1.96. The van der Waals surface area contributed by atoms with Crippen LogP contribution in [0.15, 0.2) is 18.2 Å². The molecule has 0 fully saturated rings. The van der Waals surface area contributed by atoms with Crippen LogP contribution in [0.25, 0.3) is 0 Å². The van der Waals surface area contributed by atoms with E-state index in [9.17, 15) is 0 Å². The van der Waals surface area contributed by atoms with Gasteiger partial charge in [0.2, 0.25) is 0 Å². The third kappa shape index (κ3) is 3.73. The van der Waals surface area contributed by atoms with E-state index in [1.165, 1.54) is 5.56 Å². The van der Waals surface area contributed by atoms with Gasteiger partial charge < -0.3 is 10.6 Å². The summed E-state index contributed by atoms with van der Waals surface area (Å²) in [5.74, 6) is 0. The Labute approximate surface area is 97.0 Å². The van der Waals surface area contributed by atoms with Crippen molar-refractivity contribution in [2.75, 3.05) is 18.9 Å².